The summed E-state index contributed by atoms with van der Waals surface area (Å²) in [6.07, 6.45) is 0. The molecular formula is C11H15N5O2. The highest BCUT2D eigenvalue weighted by Gasteiger charge is 2.16. The maximum absolute atomic E-state index is 5.52. The van der Waals surface area contributed by atoms with Crippen LogP contribution in [0.1, 0.15) is 0 Å². The predicted molar refractivity (Wildman–Crippen MR) is 65.4 cm³/mol. The number of para-hydroxylation sites is 1. The second kappa shape index (κ2) is 5.46. The van der Waals surface area contributed by atoms with Crippen LogP contribution >= 0.6 is 0 Å². The molecule has 7 heteroatoms. The van der Waals surface area contributed by atoms with E-state index >= 15 is 0 Å². The molecule has 1 aromatic carbocycles. The number of tetrazole rings is 1. The monoisotopic (exact) mass is 249 g/mol. The van der Waals surface area contributed by atoms with Crippen LogP contribution in [0.15, 0.2) is 18.2 Å². The molecule has 2 aromatic rings. The maximum atomic E-state index is 5.52. The summed E-state index contributed by atoms with van der Waals surface area (Å²) in [6.45, 7) is 1.01. The molecule has 0 unspecified atom stereocenters. The van der Waals surface area contributed by atoms with E-state index < -0.39 is 0 Å². The Kier molecular flexibility index (Phi) is 3.73. The van der Waals surface area contributed by atoms with Crippen molar-refractivity contribution < 1.29 is 9.47 Å². The van der Waals surface area contributed by atoms with Gasteiger partial charge in [-0.05, 0) is 22.6 Å². The van der Waals surface area contributed by atoms with Gasteiger partial charge >= 0.3 is 0 Å². The molecule has 0 saturated heterocycles. The number of ether oxygens (including phenoxy) is 2. The van der Waals surface area contributed by atoms with Gasteiger partial charge in [-0.3, -0.25) is 0 Å². The number of benzene rings is 1. The van der Waals surface area contributed by atoms with Crippen LogP contribution in [-0.2, 0) is 6.54 Å². The number of nitrogens with zero attached hydrogens (tertiary/aromatic N) is 4. The van der Waals surface area contributed by atoms with Gasteiger partial charge in [0.25, 0.3) is 0 Å². The molecule has 0 atom stereocenters. The first-order valence-electron chi connectivity index (χ1n) is 5.49. The SMILES string of the molecule is COc1cccc(-c2nnnn2CCN)c1OC. The Morgan fingerprint density at radius 3 is 2.78 bits per heavy atom. The van der Waals surface area contributed by atoms with Gasteiger partial charge in [-0.2, -0.15) is 0 Å². The Bertz CT molecular complexity index is 526. The van der Waals surface area contributed by atoms with Gasteiger partial charge in [-0.25, -0.2) is 4.68 Å². The van der Waals surface area contributed by atoms with Crippen molar-refractivity contribution in [3.05, 3.63) is 18.2 Å². The number of rotatable bonds is 5. The van der Waals surface area contributed by atoms with E-state index in [4.69, 9.17) is 15.2 Å². The quantitative estimate of drug-likeness (QED) is 0.820. The van der Waals surface area contributed by atoms with Crippen molar-refractivity contribution in [3.8, 4) is 22.9 Å². The third-order valence-electron chi connectivity index (χ3n) is 2.52. The summed E-state index contributed by atoms with van der Waals surface area (Å²) in [5.41, 5.74) is 6.29. The number of hydrogen-bond donors (Lipinski definition) is 1. The van der Waals surface area contributed by atoms with E-state index in [1.807, 2.05) is 18.2 Å². The normalized spacial score (nSPS) is 10.4. The predicted octanol–water partition coefficient (Wildman–Crippen LogP) is 0.316. The molecule has 18 heavy (non-hydrogen) atoms. The van der Waals surface area contributed by atoms with Gasteiger partial charge < -0.3 is 15.2 Å². The summed E-state index contributed by atoms with van der Waals surface area (Å²) in [6, 6.07) is 5.55. The lowest BCUT2D eigenvalue weighted by molar-refractivity contribution is 0.355. The van der Waals surface area contributed by atoms with Gasteiger partial charge in [-0.1, -0.05) is 6.07 Å². The molecule has 0 fully saturated rings. The largest absolute Gasteiger partial charge is 0.493 e. The molecule has 0 aliphatic rings. The molecule has 0 amide bonds. The van der Waals surface area contributed by atoms with Crippen molar-refractivity contribution in [2.45, 2.75) is 6.54 Å². The fourth-order valence-corrected chi connectivity index (χ4v) is 1.73. The van der Waals surface area contributed by atoms with E-state index in [9.17, 15) is 0 Å². The van der Waals surface area contributed by atoms with Gasteiger partial charge in [0.2, 0.25) is 0 Å². The van der Waals surface area contributed by atoms with E-state index in [0.29, 0.717) is 30.4 Å². The molecule has 2 N–H and O–H groups in total. The maximum Gasteiger partial charge on any atom is 0.185 e. The van der Waals surface area contributed by atoms with Crippen LogP contribution in [0, 0.1) is 0 Å². The van der Waals surface area contributed by atoms with Crippen molar-refractivity contribution in [2.24, 2.45) is 5.73 Å². The Hall–Kier alpha value is -2.15. The molecule has 0 spiro atoms. The molecule has 7 nitrogen and oxygen atoms in total. The minimum atomic E-state index is 0.463. The first-order valence-corrected chi connectivity index (χ1v) is 5.49. The van der Waals surface area contributed by atoms with E-state index in [1.54, 1.807) is 18.9 Å². The molecule has 2 rings (SSSR count). The first-order chi connectivity index (χ1) is 8.81. The van der Waals surface area contributed by atoms with Crippen molar-refractivity contribution in [1.29, 1.82) is 0 Å². The van der Waals surface area contributed by atoms with Crippen molar-refractivity contribution in [2.75, 3.05) is 20.8 Å². The average Bonchev–Trinajstić information content (AvgIpc) is 2.86. The van der Waals surface area contributed by atoms with Crippen molar-refractivity contribution in [1.82, 2.24) is 20.2 Å². The molecule has 1 aromatic heterocycles. The smallest absolute Gasteiger partial charge is 0.185 e. The molecule has 96 valence electrons. The zero-order valence-electron chi connectivity index (χ0n) is 10.3. The van der Waals surface area contributed by atoms with Gasteiger partial charge in [0.1, 0.15) is 0 Å². The van der Waals surface area contributed by atoms with Crippen LogP contribution < -0.4 is 15.2 Å². The topological polar surface area (TPSA) is 88.1 Å². The zero-order chi connectivity index (χ0) is 13.0. The number of methoxy groups -OCH3 is 2. The van der Waals surface area contributed by atoms with Crippen LogP contribution in [0.3, 0.4) is 0 Å². The highest BCUT2D eigenvalue weighted by atomic mass is 16.5. The van der Waals surface area contributed by atoms with Crippen LogP contribution in [0.25, 0.3) is 11.4 Å². The van der Waals surface area contributed by atoms with Gasteiger partial charge in [0.15, 0.2) is 17.3 Å². The summed E-state index contributed by atoms with van der Waals surface area (Å²) >= 11 is 0. The third-order valence-corrected chi connectivity index (χ3v) is 2.52. The first kappa shape index (κ1) is 12.3. The second-order valence-electron chi connectivity index (χ2n) is 3.56. The molecule has 1 heterocycles. The van der Waals surface area contributed by atoms with Crippen LogP contribution in [0.4, 0.5) is 0 Å². The Morgan fingerprint density at radius 1 is 1.28 bits per heavy atom. The Labute approximate surface area is 104 Å². The minimum absolute atomic E-state index is 0.463. The molecule has 0 radical (unpaired) electrons. The van der Waals surface area contributed by atoms with Gasteiger partial charge in [0, 0.05) is 6.54 Å². The van der Waals surface area contributed by atoms with Crippen molar-refractivity contribution >= 4 is 0 Å². The minimum Gasteiger partial charge on any atom is -0.493 e. The van der Waals surface area contributed by atoms with Crippen LogP contribution in [0.2, 0.25) is 0 Å². The van der Waals surface area contributed by atoms with Gasteiger partial charge in [0.05, 0.1) is 26.3 Å². The highest BCUT2D eigenvalue weighted by molar-refractivity contribution is 5.68. The molecule has 0 saturated carbocycles. The molecule has 0 aliphatic heterocycles. The lowest BCUT2D eigenvalue weighted by Crippen LogP contribution is -2.12. The number of nitrogens with two attached hydrogens (primary N) is 1. The standard InChI is InChI=1S/C11H15N5O2/c1-17-9-5-3-4-8(10(9)18-2)11-13-14-15-16(11)7-6-12/h3-5H,6-7,12H2,1-2H3. The molecule has 0 bridgehead atoms. The second-order valence-corrected chi connectivity index (χ2v) is 3.56. The summed E-state index contributed by atoms with van der Waals surface area (Å²) in [7, 11) is 3.17. The average molecular weight is 249 g/mol. The van der Waals surface area contributed by atoms with E-state index in [0.717, 1.165) is 5.56 Å². The third kappa shape index (κ3) is 2.12. The summed E-state index contributed by atoms with van der Waals surface area (Å²) in [5.74, 6) is 1.85. The van der Waals surface area contributed by atoms with E-state index in [-0.39, 0.29) is 0 Å². The Morgan fingerprint density at radius 2 is 2.11 bits per heavy atom. The lowest BCUT2D eigenvalue weighted by Gasteiger charge is -2.11. The van der Waals surface area contributed by atoms with Crippen molar-refractivity contribution in [3.63, 3.8) is 0 Å². The summed E-state index contributed by atoms with van der Waals surface area (Å²) in [4.78, 5) is 0. The highest BCUT2D eigenvalue weighted by Crippen LogP contribution is 2.36. The lowest BCUT2D eigenvalue weighted by atomic mass is 10.1. The molecular weight excluding hydrogens is 234 g/mol. The van der Waals surface area contributed by atoms with Crippen LogP contribution in [-0.4, -0.2) is 41.0 Å². The van der Waals surface area contributed by atoms with Gasteiger partial charge in [-0.15, -0.1) is 5.10 Å². The zero-order valence-corrected chi connectivity index (χ0v) is 10.3. The van der Waals surface area contributed by atoms with E-state index in [2.05, 4.69) is 15.5 Å². The van der Waals surface area contributed by atoms with Crippen LogP contribution in [0.5, 0.6) is 11.5 Å². The number of aromatic nitrogens is 4. The summed E-state index contributed by atoms with van der Waals surface area (Å²) < 4.78 is 12.2. The summed E-state index contributed by atoms with van der Waals surface area (Å²) in [5, 5.41) is 11.6. The fraction of sp³-hybridized carbons (Fsp3) is 0.364. The fourth-order valence-electron chi connectivity index (χ4n) is 1.73. The Balaban J connectivity index is 2.52. The molecule has 0 aliphatic carbocycles. The van der Waals surface area contributed by atoms with E-state index in [1.165, 1.54) is 0 Å². The number of hydrogen-bond acceptors (Lipinski definition) is 6.